The van der Waals surface area contributed by atoms with Crippen LogP contribution in [-0.2, 0) is 39.0 Å². The van der Waals surface area contributed by atoms with Crippen LogP contribution < -0.4 is 0 Å². The molecule has 4 nitrogen and oxygen atoms in total. The molecule has 0 aliphatic heterocycles. The first-order valence-electron chi connectivity index (χ1n) is 0. The maximum absolute atomic E-state index is 0. The van der Waals surface area contributed by atoms with E-state index in [0.717, 1.165) is 0 Å². The Morgan fingerprint density at radius 3 is 0.333 bits per heavy atom. The molecule has 0 aliphatic rings. The number of hydrogen-bond acceptors (Lipinski definition) is 0. The van der Waals surface area contributed by atoms with Gasteiger partial charge in [0.05, 0.1) is 0 Å². The third-order valence-corrected chi connectivity index (χ3v) is 0. The molecule has 0 bridgehead atoms. The van der Waals surface area contributed by atoms with Crippen LogP contribution in [0.15, 0.2) is 0 Å². The Morgan fingerprint density at radius 2 is 0.333 bits per heavy atom. The van der Waals surface area contributed by atoms with Crippen LogP contribution in [0.2, 0.25) is 0 Å². The van der Waals surface area contributed by atoms with Gasteiger partial charge in [-0.25, -0.2) is 0 Å². The van der Waals surface area contributed by atoms with Gasteiger partial charge in [0.1, 0.15) is 0 Å². The molecule has 6 heteroatoms. The molecular weight excluding hydrogens is 270 g/mol. The van der Waals surface area contributed by atoms with E-state index in [1.54, 1.807) is 0 Å². The van der Waals surface area contributed by atoms with Crippen molar-refractivity contribution >= 4 is 0 Å². The van der Waals surface area contributed by atoms with Crippen molar-refractivity contribution in [3.05, 3.63) is 0 Å². The number of rotatable bonds is 0. The Balaban J connectivity index is 0. The predicted molar refractivity (Wildman–Crippen MR) is 14.5 cm³/mol. The van der Waals surface area contributed by atoms with Gasteiger partial charge in [0, 0.05) is 39.0 Å². The number of hydrogen-bond donors (Lipinski definition) is 0. The van der Waals surface area contributed by atoms with Crippen molar-refractivity contribution < 1.29 is 60.9 Å². The van der Waals surface area contributed by atoms with Crippen molar-refractivity contribution in [1.29, 1.82) is 0 Å². The summed E-state index contributed by atoms with van der Waals surface area (Å²) < 4.78 is 0. The van der Waals surface area contributed by atoms with Crippen molar-refractivity contribution in [2.45, 2.75) is 0 Å². The molecule has 6 heavy (non-hydrogen) atoms. The summed E-state index contributed by atoms with van der Waals surface area (Å²) in [7, 11) is 0. The van der Waals surface area contributed by atoms with Gasteiger partial charge in [-0.05, 0) is 0 Å². The van der Waals surface area contributed by atoms with Gasteiger partial charge in [0.25, 0.3) is 0 Å². The van der Waals surface area contributed by atoms with Gasteiger partial charge in [-0.2, -0.15) is 0 Å². The largest absolute Gasteiger partial charge is 0.412 e. The molecule has 0 rings (SSSR count). The summed E-state index contributed by atoms with van der Waals surface area (Å²) in [5.74, 6) is 0. The molecule has 0 spiro atoms. The van der Waals surface area contributed by atoms with Crippen LogP contribution in [0.1, 0.15) is 0 Å². The van der Waals surface area contributed by atoms with Crippen LogP contribution in [0.25, 0.3) is 0 Å². The first-order chi connectivity index (χ1) is 0. The molecule has 2 radical (unpaired) electrons. The zero-order valence-electron chi connectivity index (χ0n) is 2.67. The molecule has 0 amide bonds. The summed E-state index contributed by atoms with van der Waals surface area (Å²) in [6, 6.07) is 0. The third-order valence-electron chi connectivity index (χ3n) is 0. The minimum atomic E-state index is 0. The van der Waals surface area contributed by atoms with E-state index >= 15 is 0 Å². The minimum Gasteiger partial charge on any atom is -0.412 e. The first-order valence-corrected chi connectivity index (χ1v) is 0. The molecular formula is H8O4Rh2. The summed E-state index contributed by atoms with van der Waals surface area (Å²) in [5, 5.41) is 0. The monoisotopic (exact) mass is 278 g/mol. The fourth-order valence-electron chi connectivity index (χ4n) is 0. The smallest absolute Gasteiger partial charge is 0 e. The van der Waals surface area contributed by atoms with Crippen LogP contribution in [0.5, 0.6) is 0 Å². The zero-order chi connectivity index (χ0) is 0. The summed E-state index contributed by atoms with van der Waals surface area (Å²) >= 11 is 0. The zero-order valence-corrected chi connectivity index (χ0v) is 5.94. The van der Waals surface area contributed by atoms with Crippen molar-refractivity contribution in [1.82, 2.24) is 0 Å². The molecule has 0 fully saturated rings. The maximum Gasteiger partial charge on any atom is 0 e. The molecule has 0 aliphatic carbocycles. The van der Waals surface area contributed by atoms with E-state index in [9.17, 15) is 0 Å². The van der Waals surface area contributed by atoms with E-state index in [0.29, 0.717) is 0 Å². The molecule has 50 valence electrons. The van der Waals surface area contributed by atoms with Crippen LogP contribution in [0.3, 0.4) is 0 Å². The molecule has 8 N–H and O–H groups in total. The summed E-state index contributed by atoms with van der Waals surface area (Å²) in [6.45, 7) is 0. The summed E-state index contributed by atoms with van der Waals surface area (Å²) in [5.41, 5.74) is 0. The summed E-state index contributed by atoms with van der Waals surface area (Å²) in [6.07, 6.45) is 0. The van der Waals surface area contributed by atoms with Gasteiger partial charge in [-0.1, -0.05) is 0 Å². The standard InChI is InChI=1S/4H2O.2Rh/h4*1H2;;. The fraction of sp³-hybridized carbons (Fsp3) is 0. The molecule has 0 aromatic heterocycles. The quantitative estimate of drug-likeness (QED) is 0.411. The average molecular weight is 278 g/mol. The molecule has 0 atom stereocenters. The Morgan fingerprint density at radius 1 is 0.333 bits per heavy atom. The van der Waals surface area contributed by atoms with Crippen molar-refractivity contribution in [3.8, 4) is 0 Å². The summed E-state index contributed by atoms with van der Waals surface area (Å²) in [4.78, 5) is 0. The van der Waals surface area contributed by atoms with E-state index in [2.05, 4.69) is 0 Å². The first kappa shape index (κ1) is 222. The predicted octanol–water partition coefficient (Wildman–Crippen LogP) is -3.30. The van der Waals surface area contributed by atoms with E-state index in [-0.39, 0.29) is 60.9 Å². The van der Waals surface area contributed by atoms with Crippen molar-refractivity contribution in [2.24, 2.45) is 0 Å². The molecule has 0 aromatic carbocycles. The normalized spacial score (nSPS) is 0. The van der Waals surface area contributed by atoms with Gasteiger partial charge in [-0.3, -0.25) is 0 Å². The van der Waals surface area contributed by atoms with Gasteiger partial charge < -0.3 is 21.9 Å². The van der Waals surface area contributed by atoms with Gasteiger partial charge in [-0.15, -0.1) is 0 Å². The average Bonchev–Trinajstić information content (AvgIpc) is 0. The topological polar surface area (TPSA) is 126 Å². The van der Waals surface area contributed by atoms with E-state index in [1.807, 2.05) is 0 Å². The molecule has 0 saturated carbocycles. The molecule has 0 unspecified atom stereocenters. The Hall–Kier alpha value is 1.09. The third kappa shape index (κ3) is 71.9. The second-order valence-corrected chi connectivity index (χ2v) is 0. The molecule has 0 aromatic rings. The van der Waals surface area contributed by atoms with Gasteiger partial charge in [0.15, 0.2) is 0 Å². The SMILES string of the molecule is O.O.O.O.[Rh].[Rh]. The van der Waals surface area contributed by atoms with Crippen LogP contribution in [0.4, 0.5) is 0 Å². The van der Waals surface area contributed by atoms with Gasteiger partial charge in [0.2, 0.25) is 0 Å². The van der Waals surface area contributed by atoms with E-state index in [1.165, 1.54) is 0 Å². The van der Waals surface area contributed by atoms with Crippen LogP contribution >= 0.6 is 0 Å². The van der Waals surface area contributed by atoms with Crippen LogP contribution in [0, 0.1) is 0 Å². The van der Waals surface area contributed by atoms with Gasteiger partial charge >= 0.3 is 0 Å². The Labute approximate surface area is 61.1 Å². The van der Waals surface area contributed by atoms with E-state index < -0.39 is 0 Å². The van der Waals surface area contributed by atoms with Crippen LogP contribution in [-0.4, -0.2) is 21.9 Å². The Bertz CT molecular complexity index is 5.51. The molecule has 0 saturated heterocycles. The van der Waals surface area contributed by atoms with E-state index in [4.69, 9.17) is 0 Å². The molecule has 0 heterocycles. The minimum absolute atomic E-state index is 0. The second-order valence-electron chi connectivity index (χ2n) is 0. The van der Waals surface area contributed by atoms with Crippen molar-refractivity contribution in [3.63, 3.8) is 0 Å². The van der Waals surface area contributed by atoms with Crippen molar-refractivity contribution in [2.75, 3.05) is 0 Å². The second kappa shape index (κ2) is 133. The Kier molecular flexibility index (Phi) is 4940. The maximum atomic E-state index is 0. The fourth-order valence-corrected chi connectivity index (χ4v) is 0.